The van der Waals surface area contributed by atoms with Gasteiger partial charge in [0, 0.05) is 16.3 Å². The first kappa shape index (κ1) is 30.5. The third-order valence-electron chi connectivity index (χ3n) is 6.52. The standard InChI is InChI=1S/C31H27ClFN3O5S2/c1-3-15-41-23-14-11-19(16-24(23)40-4-2)26-25(27(37)18-9-12-21(32)13-10-18)28(38)29(39)36(26)30-34-35-31(43-30)42-17-20-7-5-6-8-22(20)33/h5-14,16,26,37H,3-4,15,17H2,1-2H3/b27-25+. The summed E-state index contributed by atoms with van der Waals surface area (Å²) in [7, 11) is 0. The number of nitrogens with zero attached hydrogens (tertiary/aromatic N) is 3. The Hall–Kier alpha value is -3.93. The number of thioether (sulfide) groups is 1. The zero-order valence-electron chi connectivity index (χ0n) is 23.3. The maximum atomic E-state index is 14.2. The summed E-state index contributed by atoms with van der Waals surface area (Å²) >= 11 is 8.40. The molecule has 1 N–H and O–H groups in total. The van der Waals surface area contributed by atoms with Gasteiger partial charge in [-0.25, -0.2) is 4.39 Å². The van der Waals surface area contributed by atoms with Crippen molar-refractivity contribution in [1.29, 1.82) is 0 Å². The Morgan fingerprint density at radius 1 is 1.05 bits per heavy atom. The monoisotopic (exact) mass is 639 g/mol. The molecule has 0 radical (unpaired) electrons. The lowest BCUT2D eigenvalue weighted by Gasteiger charge is -2.23. The third-order valence-corrected chi connectivity index (χ3v) is 8.87. The smallest absolute Gasteiger partial charge is 0.301 e. The van der Waals surface area contributed by atoms with Crippen LogP contribution in [0.2, 0.25) is 5.02 Å². The molecule has 1 saturated heterocycles. The fourth-order valence-electron chi connectivity index (χ4n) is 4.52. The topological polar surface area (TPSA) is 102 Å². The molecule has 1 aliphatic rings. The van der Waals surface area contributed by atoms with Crippen LogP contribution in [0.3, 0.4) is 0 Å². The van der Waals surface area contributed by atoms with Crippen molar-refractivity contribution in [1.82, 2.24) is 10.2 Å². The minimum atomic E-state index is -1.05. The summed E-state index contributed by atoms with van der Waals surface area (Å²) in [5.41, 5.74) is 1.20. The summed E-state index contributed by atoms with van der Waals surface area (Å²) < 4.78 is 26.3. The van der Waals surface area contributed by atoms with Crippen molar-refractivity contribution in [2.24, 2.45) is 0 Å². The van der Waals surface area contributed by atoms with Gasteiger partial charge in [-0.05, 0) is 66.9 Å². The van der Waals surface area contributed by atoms with Crippen molar-refractivity contribution in [3.63, 3.8) is 0 Å². The molecule has 2 heterocycles. The number of aliphatic hydroxyl groups excluding tert-OH is 1. The van der Waals surface area contributed by atoms with Gasteiger partial charge >= 0.3 is 5.91 Å². The number of aromatic nitrogens is 2. The summed E-state index contributed by atoms with van der Waals surface area (Å²) in [5.74, 6) is -1.18. The molecule has 222 valence electrons. The maximum Gasteiger partial charge on any atom is 0.301 e. The molecule has 3 aromatic carbocycles. The predicted octanol–water partition coefficient (Wildman–Crippen LogP) is 7.44. The number of benzene rings is 3. The number of ether oxygens (including phenoxy) is 2. The van der Waals surface area contributed by atoms with Crippen LogP contribution >= 0.6 is 34.7 Å². The number of amides is 1. The number of anilines is 1. The highest BCUT2D eigenvalue weighted by atomic mass is 35.5. The van der Waals surface area contributed by atoms with Crippen LogP contribution in [0.15, 0.2) is 76.6 Å². The molecule has 0 bridgehead atoms. The fourth-order valence-corrected chi connectivity index (χ4v) is 6.50. The lowest BCUT2D eigenvalue weighted by atomic mass is 9.95. The molecule has 4 aromatic rings. The Morgan fingerprint density at radius 2 is 1.81 bits per heavy atom. The van der Waals surface area contributed by atoms with Crippen molar-refractivity contribution in [3.05, 3.63) is 99.8 Å². The second kappa shape index (κ2) is 13.6. The Balaban J connectivity index is 1.58. The summed E-state index contributed by atoms with van der Waals surface area (Å²) in [4.78, 5) is 28.4. The third kappa shape index (κ3) is 6.53. The number of aliphatic hydroxyl groups is 1. The molecule has 1 unspecified atom stereocenters. The average molecular weight is 640 g/mol. The van der Waals surface area contributed by atoms with Gasteiger partial charge in [-0.15, -0.1) is 10.2 Å². The van der Waals surface area contributed by atoms with Crippen molar-refractivity contribution in [3.8, 4) is 11.5 Å². The molecule has 8 nitrogen and oxygen atoms in total. The van der Waals surface area contributed by atoms with Crippen molar-refractivity contribution in [2.75, 3.05) is 18.1 Å². The van der Waals surface area contributed by atoms with Gasteiger partial charge in [-0.3, -0.25) is 14.5 Å². The number of carbonyl (C=O) groups excluding carboxylic acids is 2. The molecule has 0 aliphatic carbocycles. The number of ketones is 1. The van der Waals surface area contributed by atoms with Crippen LogP contribution in [0.4, 0.5) is 9.52 Å². The van der Waals surface area contributed by atoms with E-state index in [2.05, 4.69) is 10.2 Å². The Bertz CT molecular complexity index is 1680. The van der Waals surface area contributed by atoms with E-state index in [4.69, 9.17) is 21.1 Å². The average Bonchev–Trinajstić information content (AvgIpc) is 3.58. The summed E-state index contributed by atoms with van der Waals surface area (Å²) in [6.45, 7) is 4.66. The highest BCUT2D eigenvalue weighted by Gasteiger charge is 2.48. The van der Waals surface area contributed by atoms with Crippen molar-refractivity contribution < 1.29 is 28.6 Å². The highest BCUT2D eigenvalue weighted by molar-refractivity contribution is 8.00. The van der Waals surface area contributed by atoms with Gasteiger partial charge in [0.25, 0.3) is 5.78 Å². The number of hydrogen-bond donors (Lipinski definition) is 1. The number of hydrogen-bond acceptors (Lipinski definition) is 9. The molecule has 0 saturated carbocycles. The van der Waals surface area contributed by atoms with Crippen LogP contribution in [-0.2, 0) is 15.3 Å². The Morgan fingerprint density at radius 3 is 2.53 bits per heavy atom. The normalized spacial score (nSPS) is 16.1. The molecule has 0 spiro atoms. The largest absolute Gasteiger partial charge is 0.507 e. The number of rotatable bonds is 11. The van der Waals surface area contributed by atoms with E-state index in [1.54, 1.807) is 60.7 Å². The Kier molecular flexibility index (Phi) is 9.64. The minimum absolute atomic E-state index is 0.118. The molecular weight excluding hydrogens is 613 g/mol. The molecule has 1 fully saturated rings. The number of halogens is 2. The first-order valence-electron chi connectivity index (χ1n) is 13.5. The lowest BCUT2D eigenvalue weighted by Crippen LogP contribution is -2.29. The van der Waals surface area contributed by atoms with Crippen molar-refractivity contribution in [2.45, 2.75) is 36.4 Å². The zero-order valence-corrected chi connectivity index (χ0v) is 25.6. The molecular formula is C31H27ClFN3O5S2. The van der Waals surface area contributed by atoms with E-state index in [9.17, 15) is 19.1 Å². The van der Waals surface area contributed by atoms with Crippen LogP contribution in [0.5, 0.6) is 11.5 Å². The molecule has 5 rings (SSSR count). The molecule has 1 aromatic heterocycles. The molecule has 1 atom stereocenters. The van der Waals surface area contributed by atoms with E-state index in [1.165, 1.54) is 22.7 Å². The van der Waals surface area contributed by atoms with Crippen LogP contribution < -0.4 is 14.4 Å². The highest BCUT2D eigenvalue weighted by Crippen LogP contribution is 2.45. The van der Waals surface area contributed by atoms with E-state index < -0.39 is 17.7 Å². The van der Waals surface area contributed by atoms with Crippen LogP contribution in [-0.4, -0.2) is 40.2 Å². The Labute approximate surface area is 261 Å². The van der Waals surface area contributed by atoms with E-state index >= 15 is 0 Å². The summed E-state index contributed by atoms with van der Waals surface area (Å²) in [5, 5.41) is 20.4. The van der Waals surface area contributed by atoms with Crippen molar-refractivity contribution >= 4 is 57.3 Å². The molecule has 12 heteroatoms. The van der Waals surface area contributed by atoms with E-state index in [1.807, 2.05) is 13.8 Å². The fraction of sp³-hybridized carbons (Fsp3) is 0.226. The van der Waals surface area contributed by atoms with E-state index in [0.717, 1.165) is 17.8 Å². The summed E-state index contributed by atoms with van der Waals surface area (Å²) in [6, 6.07) is 16.8. The van der Waals surface area contributed by atoms with Gasteiger partial charge in [0.15, 0.2) is 15.8 Å². The predicted molar refractivity (Wildman–Crippen MR) is 166 cm³/mol. The first-order valence-corrected chi connectivity index (χ1v) is 15.7. The molecule has 43 heavy (non-hydrogen) atoms. The van der Waals surface area contributed by atoms with Gasteiger partial charge < -0.3 is 14.6 Å². The SMILES string of the molecule is CCCOc1ccc(C2/C(=C(\O)c3ccc(Cl)cc3)C(=O)C(=O)N2c2nnc(SCc3ccccc3F)s2)cc1OCC. The zero-order chi connectivity index (χ0) is 30.5. The first-order chi connectivity index (χ1) is 20.8. The lowest BCUT2D eigenvalue weighted by molar-refractivity contribution is -0.132. The van der Waals surface area contributed by atoms with E-state index in [0.29, 0.717) is 56.5 Å². The van der Waals surface area contributed by atoms with Gasteiger partial charge in [-0.2, -0.15) is 0 Å². The van der Waals surface area contributed by atoms with Crippen LogP contribution in [0.1, 0.15) is 43.0 Å². The number of carbonyl (C=O) groups is 2. The summed E-state index contributed by atoms with van der Waals surface area (Å²) in [6.07, 6.45) is 0.795. The van der Waals surface area contributed by atoms with Gasteiger partial charge in [0.1, 0.15) is 11.6 Å². The molecule has 1 aliphatic heterocycles. The van der Waals surface area contributed by atoms with Crippen LogP contribution in [0, 0.1) is 5.82 Å². The van der Waals surface area contributed by atoms with Gasteiger partial charge in [-0.1, -0.05) is 65.9 Å². The molecule has 1 amide bonds. The minimum Gasteiger partial charge on any atom is -0.507 e. The second-order valence-corrected chi connectivity index (χ2v) is 12.0. The quantitative estimate of drug-likeness (QED) is 0.0594. The van der Waals surface area contributed by atoms with Crippen LogP contribution in [0.25, 0.3) is 5.76 Å². The van der Waals surface area contributed by atoms with Gasteiger partial charge in [0.2, 0.25) is 5.13 Å². The maximum absolute atomic E-state index is 14.2. The van der Waals surface area contributed by atoms with E-state index in [-0.39, 0.29) is 22.3 Å². The second-order valence-electron chi connectivity index (χ2n) is 9.39. The van der Waals surface area contributed by atoms with Gasteiger partial charge in [0.05, 0.1) is 24.8 Å². The number of Topliss-reactive ketones (excluding diaryl/α,β-unsaturated/α-hetero) is 1.